The number of ketones is 1. The van der Waals surface area contributed by atoms with Crippen LogP contribution < -0.4 is 10.6 Å². The van der Waals surface area contributed by atoms with Crippen LogP contribution in [0.1, 0.15) is 9.67 Å². The Kier molecular flexibility index (Phi) is 4.16. The van der Waals surface area contributed by atoms with Crippen LogP contribution in [0.5, 0.6) is 0 Å². The Hall–Kier alpha value is -2.23. The summed E-state index contributed by atoms with van der Waals surface area (Å²) in [5, 5.41) is 4.78. The van der Waals surface area contributed by atoms with Crippen molar-refractivity contribution in [1.29, 1.82) is 0 Å². The number of nitrogens with one attached hydrogen (secondary N) is 2. The highest BCUT2D eigenvalue weighted by Crippen LogP contribution is 2.29. The Bertz CT molecular complexity index is 981. The SMILES string of the molecule is O=C1CS(=O)(=O)c2cc(NC(=O)C(=O)c3ccc(Cl)s3)ccc2N1. The summed E-state index contributed by atoms with van der Waals surface area (Å²) in [5.41, 5.74) is 0.273. The number of carbonyl (C=O) groups is 3. The van der Waals surface area contributed by atoms with E-state index in [4.69, 9.17) is 11.6 Å². The molecule has 24 heavy (non-hydrogen) atoms. The Morgan fingerprint density at radius 1 is 1.21 bits per heavy atom. The third kappa shape index (κ3) is 3.18. The number of benzene rings is 1. The van der Waals surface area contributed by atoms with Crippen molar-refractivity contribution in [3.8, 4) is 0 Å². The zero-order valence-electron chi connectivity index (χ0n) is 11.8. The topological polar surface area (TPSA) is 109 Å². The average Bonchev–Trinajstić information content (AvgIpc) is 2.93. The van der Waals surface area contributed by atoms with Crippen molar-refractivity contribution in [2.75, 3.05) is 16.4 Å². The van der Waals surface area contributed by atoms with E-state index in [1.807, 2.05) is 0 Å². The van der Waals surface area contributed by atoms with Crippen LogP contribution in [-0.4, -0.2) is 31.8 Å². The molecule has 2 heterocycles. The van der Waals surface area contributed by atoms with E-state index >= 15 is 0 Å². The van der Waals surface area contributed by atoms with Gasteiger partial charge in [0.2, 0.25) is 5.91 Å². The molecule has 0 bridgehead atoms. The van der Waals surface area contributed by atoms with E-state index in [0.29, 0.717) is 4.34 Å². The van der Waals surface area contributed by atoms with Gasteiger partial charge in [-0.25, -0.2) is 8.42 Å². The molecule has 1 aliphatic rings. The molecule has 1 aromatic carbocycles. The number of halogens is 1. The number of fused-ring (bicyclic) bond motifs is 1. The van der Waals surface area contributed by atoms with Gasteiger partial charge in [-0.15, -0.1) is 11.3 Å². The first-order valence-corrected chi connectivity index (χ1v) is 9.38. The Balaban J connectivity index is 1.85. The molecule has 2 amide bonds. The van der Waals surface area contributed by atoms with Crippen molar-refractivity contribution in [1.82, 2.24) is 0 Å². The molecule has 0 saturated carbocycles. The van der Waals surface area contributed by atoms with Crippen LogP contribution in [0, 0.1) is 0 Å². The van der Waals surface area contributed by atoms with E-state index < -0.39 is 33.2 Å². The zero-order valence-corrected chi connectivity index (χ0v) is 14.2. The van der Waals surface area contributed by atoms with Crippen LogP contribution in [0.4, 0.5) is 11.4 Å². The van der Waals surface area contributed by atoms with Gasteiger partial charge in [-0.2, -0.15) is 0 Å². The molecule has 2 N–H and O–H groups in total. The standard InChI is InChI=1S/C14H9ClN2O5S2/c15-11-4-3-9(23-11)13(19)14(20)16-7-1-2-8-10(5-7)24(21,22)6-12(18)17-8/h1-5H,6H2,(H,16,20)(H,17,18). The Morgan fingerprint density at radius 3 is 2.62 bits per heavy atom. The van der Waals surface area contributed by atoms with Crippen molar-refractivity contribution in [2.45, 2.75) is 4.90 Å². The highest BCUT2D eigenvalue weighted by Gasteiger charge is 2.29. The molecule has 0 unspecified atom stereocenters. The molecule has 10 heteroatoms. The maximum atomic E-state index is 12.0. The fourth-order valence-electron chi connectivity index (χ4n) is 2.13. The van der Waals surface area contributed by atoms with Gasteiger partial charge in [0.05, 0.1) is 19.8 Å². The van der Waals surface area contributed by atoms with Gasteiger partial charge < -0.3 is 10.6 Å². The van der Waals surface area contributed by atoms with Crippen LogP contribution in [0.2, 0.25) is 4.34 Å². The fraction of sp³-hybridized carbons (Fsp3) is 0.0714. The van der Waals surface area contributed by atoms with Crippen LogP contribution in [0.3, 0.4) is 0 Å². The highest BCUT2D eigenvalue weighted by atomic mass is 35.5. The van der Waals surface area contributed by atoms with Crippen molar-refractivity contribution < 1.29 is 22.8 Å². The molecule has 0 fully saturated rings. The monoisotopic (exact) mass is 384 g/mol. The number of hydrogen-bond donors (Lipinski definition) is 2. The molecule has 1 aliphatic heterocycles. The lowest BCUT2D eigenvalue weighted by atomic mass is 10.2. The third-order valence-electron chi connectivity index (χ3n) is 3.17. The summed E-state index contributed by atoms with van der Waals surface area (Å²) in [6, 6.07) is 6.89. The van der Waals surface area contributed by atoms with Crippen LogP contribution in [-0.2, 0) is 19.4 Å². The van der Waals surface area contributed by atoms with Gasteiger partial charge in [-0.1, -0.05) is 11.6 Å². The summed E-state index contributed by atoms with van der Waals surface area (Å²) in [4.78, 5) is 35.4. The van der Waals surface area contributed by atoms with Crippen LogP contribution >= 0.6 is 22.9 Å². The lowest BCUT2D eigenvalue weighted by molar-refractivity contribution is -0.114. The molecular weight excluding hydrogens is 376 g/mol. The van der Waals surface area contributed by atoms with Gasteiger partial charge in [0.25, 0.3) is 11.7 Å². The number of hydrogen-bond acceptors (Lipinski definition) is 6. The van der Waals surface area contributed by atoms with Crippen molar-refractivity contribution in [3.63, 3.8) is 0 Å². The number of Topliss-reactive ketones (excluding diaryl/α,β-unsaturated/α-hetero) is 1. The van der Waals surface area contributed by atoms with E-state index in [1.165, 1.54) is 30.3 Å². The normalized spacial score (nSPS) is 15.3. The van der Waals surface area contributed by atoms with Crippen LogP contribution in [0.15, 0.2) is 35.2 Å². The van der Waals surface area contributed by atoms with E-state index in [0.717, 1.165) is 11.3 Å². The lowest BCUT2D eigenvalue weighted by Crippen LogP contribution is -2.29. The average molecular weight is 385 g/mol. The van der Waals surface area contributed by atoms with Gasteiger partial charge in [-0.3, -0.25) is 14.4 Å². The fourth-order valence-corrected chi connectivity index (χ4v) is 4.45. The number of amides is 2. The quantitative estimate of drug-likeness (QED) is 0.621. The maximum absolute atomic E-state index is 12.0. The van der Waals surface area contributed by atoms with E-state index in [9.17, 15) is 22.8 Å². The van der Waals surface area contributed by atoms with Crippen molar-refractivity contribution in [2.24, 2.45) is 0 Å². The van der Waals surface area contributed by atoms with Gasteiger partial charge in [0.1, 0.15) is 5.75 Å². The molecule has 1 aromatic heterocycles. The van der Waals surface area contributed by atoms with E-state index in [1.54, 1.807) is 0 Å². The number of carbonyl (C=O) groups excluding carboxylic acids is 3. The largest absolute Gasteiger partial charge is 0.324 e. The lowest BCUT2D eigenvalue weighted by Gasteiger charge is -2.18. The molecule has 0 atom stereocenters. The highest BCUT2D eigenvalue weighted by molar-refractivity contribution is 7.92. The third-order valence-corrected chi connectivity index (χ3v) is 6.05. The first-order chi connectivity index (χ1) is 11.3. The second-order valence-electron chi connectivity index (χ2n) is 4.91. The Labute approximate surface area is 145 Å². The number of anilines is 2. The predicted molar refractivity (Wildman–Crippen MR) is 89.4 cm³/mol. The van der Waals surface area contributed by atoms with Gasteiger partial charge in [0, 0.05) is 5.69 Å². The molecule has 0 saturated heterocycles. The molecule has 7 nitrogen and oxygen atoms in total. The molecule has 0 radical (unpaired) electrons. The molecule has 0 spiro atoms. The molecule has 124 valence electrons. The first kappa shape index (κ1) is 16.6. The summed E-state index contributed by atoms with van der Waals surface area (Å²) in [6.07, 6.45) is 0. The van der Waals surface area contributed by atoms with Gasteiger partial charge in [0.15, 0.2) is 9.84 Å². The smallest absolute Gasteiger partial charge is 0.297 e. The summed E-state index contributed by atoms with van der Waals surface area (Å²) >= 11 is 6.69. The number of thiophene rings is 1. The van der Waals surface area contributed by atoms with E-state index in [2.05, 4.69) is 10.6 Å². The van der Waals surface area contributed by atoms with Crippen molar-refractivity contribution >= 4 is 61.7 Å². The second kappa shape index (κ2) is 6.00. The number of rotatable bonds is 3. The minimum atomic E-state index is -3.78. The molecule has 3 rings (SSSR count). The maximum Gasteiger partial charge on any atom is 0.297 e. The summed E-state index contributed by atoms with van der Waals surface area (Å²) in [5.74, 6) is -2.97. The van der Waals surface area contributed by atoms with Gasteiger partial charge >= 0.3 is 0 Å². The van der Waals surface area contributed by atoms with E-state index in [-0.39, 0.29) is 21.1 Å². The second-order valence-corrected chi connectivity index (χ2v) is 8.58. The van der Waals surface area contributed by atoms with Gasteiger partial charge in [-0.05, 0) is 30.3 Å². The summed E-state index contributed by atoms with van der Waals surface area (Å²) < 4.78 is 24.4. The predicted octanol–water partition coefficient (Wildman–Crippen LogP) is 1.95. The molecule has 0 aliphatic carbocycles. The Morgan fingerprint density at radius 2 is 1.96 bits per heavy atom. The minimum Gasteiger partial charge on any atom is -0.324 e. The summed E-state index contributed by atoms with van der Waals surface area (Å²) in [7, 11) is -3.78. The molecular formula is C14H9ClN2O5S2. The van der Waals surface area contributed by atoms with Crippen LogP contribution in [0.25, 0.3) is 0 Å². The summed E-state index contributed by atoms with van der Waals surface area (Å²) in [6.45, 7) is 0. The first-order valence-electron chi connectivity index (χ1n) is 6.54. The zero-order chi connectivity index (χ0) is 17.5. The minimum absolute atomic E-state index is 0.105. The molecule has 2 aromatic rings. The number of sulfone groups is 1. The van der Waals surface area contributed by atoms with Crippen molar-refractivity contribution in [3.05, 3.63) is 39.5 Å².